The van der Waals surface area contributed by atoms with Gasteiger partial charge in [-0.25, -0.2) is 4.79 Å². The molecule has 120 valence electrons. The molecule has 2 aromatic carbocycles. The van der Waals surface area contributed by atoms with Crippen LogP contribution in [0.15, 0.2) is 42.5 Å². The predicted octanol–water partition coefficient (Wildman–Crippen LogP) is 5.16. The number of carbonyl (C=O) groups is 1. The standard InChI is InChI=1S/C21H24O2/c1-5-16-11-12-18(14-17(16)6-2)15(3)13-19-9-7-8-10-20(19)21(22)23-4/h7-14H,5-6H2,1-4H3. The van der Waals surface area contributed by atoms with Gasteiger partial charge >= 0.3 is 5.97 Å². The molecule has 0 aromatic heterocycles. The Bertz CT molecular complexity index is 726. The lowest BCUT2D eigenvalue weighted by atomic mass is 9.95. The topological polar surface area (TPSA) is 26.3 Å². The minimum atomic E-state index is -0.305. The van der Waals surface area contributed by atoms with Gasteiger partial charge in [-0.3, -0.25) is 0 Å². The van der Waals surface area contributed by atoms with Gasteiger partial charge in [0.2, 0.25) is 0 Å². The number of aryl methyl sites for hydroxylation is 2. The normalized spacial score (nSPS) is 11.4. The molecule has 0 bridgehead atoms. The first-order chi connectivity index (χ1) is 11.1. The number of hydrogen-bond donors (Lipinski definition) is 0. The highest BCUT2D eigenvalue weighted by molar-refractivity contribution is 5.96. The molecule has 2 rings (SSSR count). The molecule has 23 heavy (non-hydrogen) atoms. The van der Waals surface area contributed by atoms with Gasteiger partial charge in [0.25, 0.3) is 0 Å². The van der Waals surface area contributed by atoms with E-state index in [0.29, 0.717) is 5.56 Å². The second-order valence-electron chi connectivity index (χ2n) is 5.60. The van der Waals surface area contributed by atoms with Gasteiger partial charge < -0.3 is 4.74 Å². The molecule has 0 N–H and O–H groups in total. The number of hydrogen-bond acceptors (Lipinski definition) is 2. The van der Waals surface area contributed by atoms with Gasteiger partial charge in [0, 0.05) is 0 Å². The lowest BCUT2D eigenvalue weighted by Gasteiger charge is -2.10. The van der Waals surface area contributed by atoms with Gasteiger partial charge in [-0.15, -0.1) is 0 Å². The highest BCUT2D eigenvalue weighted by Gasteiger charge is 2.10. The zero-order valence-electron chi connectivity index (χ0n) is 14.3. The van der Waals surface area contributed by atoms with Crippen LogP contribution in [-0.4, -0.2) is 13.1 Å². The largest absolute Gasteiger partial charge is 0.465 e. The molecule has 2 nitrogen and oxygen atoms in total. The molecule has 0 aliphatic heterocycles. The molecular formula is C21H24O2. The molecule has 2 aromatic rings. The van der Waals surface area contributed by atoms with E-state index < -0.39 is 0 Å². The Hall–Kier alpha value is -2.35. The van der Waals surface area contributed by atoms with Crippen molar-refractivity contribution < 1.29 is 9.53 Å². The van der Waals surface area contributed by atoms with Crippen molar-refractivity contribution in [3.05, 3.63) is 70.3 Å². The molecule has 0 saturated carbocycles. The van der Waals surface area contributed by atoms with Crippen LogP contribution < -0.4 is 0 Å². The van der Waals surface area contributed by atoms with Gasteiger partial charge in [-0.2, -0.15) is 0 Å². The van der Waals surface area contributed by atoms with E-state index in [2.05, 4.69) is 39.0 Å². The molecule has 0 spiro atoms. The Labute approximate surface area is 138 Å². The molecule has 0 radical (unpaired) electrons. The molecule has 0 heterocycles. The number of ether oxygens (including phenoxy) is 1. The van der Waals surface area contributed by atoms with E-state index in [1.807, 2.05) is 24.3 Å². The molecule has 0 fully saturated rings. The fourth-order valence-electron chi connectivity index (χ4n) is 2.78. The van der Waals surface area contributed by atoms with E-state index in [1.54, 1.807) is 6.07 Å². The number of esters is 1. The maximum absolute atomic E-state index is 11.9. The van der Waals surface area contributed by atoms with E-state index in [9.17, 15) is 4.79 Å². The van der Waals surface area contributed by atoms with E-state index in [0.717, 1.165) is 24.0 Å². The smallest absolute Gasteiger partial charge is 0.338 e. The average molecular weight is 308 g/mol. The molecule has 0 aliphatic carbocycles. The molecule has 0 unspecified atom stereocenters. The van der Waals surface area contributed by atoms with Crippen molar-refractivity contribution in [1.29, 1.82) is 0 Å². The molecule has 0 amide bonds. The molecular weight excluding hydrogens is 284 g/mol. The highest BCUT2D eigenvalue weighted by atomic mass is 16.5. The summed E-state index contributed by atoms with van der Waals surface area (Å²) in [5.74, 6) is -0.305. The summed E-state index contributed by atoms with van der Waals surface area (Å²) in [6.07, 6.45) is 4.13. The van der Waals surface area contributed by atoms with Crippen molar-refractivity contribution in [2.75, 3.05) is 7.11 Å². The van der Waals surface area contributed by atoms with Crippen LogP contribution in [0.1, 0.15) is 53.4 Å². The number of benzene rings is 2. The van der Waals surface area contributed by atoms with Crippen molar-refractivity contribution in [1.82, 2.24) is 0 Å². The number of carbonyl (C=O) groups excluding carboxylic acids is 1. The van der Waals surface area contributed by atoms with E-state index in [4.69, 9.17) is 4.74 Å². The van der Waals surface area contributed by atoms with Crippen LogP contribution >= 0.6 is 0 Å². The van der Waals surface area contributed by atoms with Crippen LogP contribution in [0.2, 0.25) is 0 Å². The first-order valence-electron chi connectivity index (χ1n) is 8.08. The summed E-state index contributed by atoms with van der Waals surface area (Å²) in [5.41, 5.74) is 6.60. The summed E-state index contributed by atoms with van der Waals surface area (Å²) < 4.78 is 4.86. The fourth-order valence-corrected chi connectivity index (χ4v) is 2.78. The third-order valence-corrected chi connectivity index (χ3v) is 4.16. The Balaban J connectivity index is 2.43. The minimum absolute atomic E-state index is 0.305. The van der Waals surface area contributed by atoms with Crippen molar-refractivity contribution in [3.63, 3.8) is 0 Å². The Kier molecular flexibility index (Phi) is 5.75. The maximum atomic E-state index is 11.9. The van der Waals surface area contributed by atoms with Gasteiger partial charge in [0.05, 0.1) is 12.7 Å². The first-order valence-corrected chi connectivity index (χ1v) is 8.08. The van der Waals surface area contributed by atoms with Crippen molar-refractivity contribution in [3.8, 4) is 0 Å². The van der Waals surface area contributed by atoms with Gasteiger partial charge in [-0.05, 0) is 53.7 Å². The monoisotopic (exact) mass is 308 g/mol. The molecule has 2 heteroatoms. The lowest BCUT2D eigenvalue weighted by Crippen LogP contribution is -2.03. The number of methoxy groups -OCH3 is 1. The van der Waals surface area contributed by atoms with E-state index in [-0.39, 0.29) is 5.97 Å². The maximum Gasteiger partial charge on any atom is 0.338 e. The molecule has 0 saturated heterocycles. The van der Waals surface area contributed by atoms with E-state index in [1.165, 1.54) is 23.8 Å². The molecule has 0 atom stereocenters. The zero-order chi connectivity index (χ0) is 16.8. The van der Waals surface area contributed by atoms with Crippen molar-refractivity contribution in [2.45, 2.75) is 33.6 Å². The Morgan fingerprint density at radius 2 is 1.74 bits per heavy atom. The van der Waals surface area contributed by atoms with Crippen molar-refractivity contribution >= 4 is 17.6 Å². The summed E-state index contributed by atoms with van der Waals surface area (Å²) >= 11 is 0. The van der Waals surface area contributed by atoms with Crippen LogP contribution in [0.4, 0.5) is 0 Å². The second-order valence-corrected chi connectivity index (χ2v) is 5.60. The van der Waals surface area contributed by atoms with Crippen LogP contribution in [0.3, 0.4) is 0 Å². The third-order valence-electron chi connectivity index (χ3n) is 4.16. The van der Waals surface area contributed by atoms with Gasteiger partial charge in [0.15, 0.2) is 0 Å². The summed E-state index contributed by atoms with van der Waals surface area (Å²) in [6, 6.07) is 14.1. The van der Waals surface area contributed by atoms with Gasteiger partial charge in [0.1, 0.15) is 0 Å². The van der Waals surface area contributed by atoms with Crippen LogP contribution in [0.25, 0.3) is 11.6 Å². The lowest BCUT2D eigenvalue weighted by molar-refractivity contribution is 0.0600. The minimum Gasteiger partial charge on any atom is -0.465 e. The highest BCUT2D eigenvalue weighted by Crippen LogP contribution is 2.23. The summed E-state index contributed by atoms with van der Waals surface area (Å²) in [6.45, 7) is 6.45. The Morgan fingerprint density at radius 3 is 2.39 bits per heavy atom. The average Bonchev–Trinajstić information content (AvgIpc) is 2.60. The van der Waals surface area contributed by atoms with Crippen molar-refractivity contribution in [2.24, 2.45) is 0 Å². The van der Waals surface area contributed by atoms with Gasteiger partial charge in [-0.1, -0.05) is 56.3 Å². The Morgan fingerprint density at radius 1 is 1.04 bits per heavy atom. The SMILES string of the molecule is CCc1ccc(C(C)=Cc2ccccc2C(=O)OC)cc1CC. The first kappa shape index (κ1) is 17.0. The van der Waals surface area contributed by atoms with Crippen LogP contribution in [-0.2, 0) is 17.6 Å². The predicted molar refractivity (Wildman–Crippen MR) is 96.5 cm³/mol. The van der Waals surface area contributed by atoms with E-state index >= 15 is 0 Å². The number of rotatable bonds is 5. The number of allylic oxidation sites excluding steroid dienone is 1. The van der Waals surface area contributed by atoms with Crippen LogP contribution in [0, 0.1) is 0 Å². The quantitative estimate of drug-likeness (QED) is 0.563. The molecule has 0 aliphatic rings. The fraction of sp³-hybridized carbons (Fsp3) is 0.286. The summed E-state index contributed by atoms with van der Waals surface area (Å²) in [7, 11) is 1.41. The summed E-state index contributed by atoms with van der Waals surface area (Å²) in [5, 5.41) is 0. The third kappa shape index (κ3) is 3.89. The summed E-state index contributed by atoms with van der Waals surface area (Å²) in [4.78, 5) is 11.9. The second kappa shape index (κ2) is 7.77. The zero-order valence-corrected chi connectivity index (χ0v) is 14.3. The van der Waals surface area contributed by atoms with Crippen LogP contribution in [0.5, 0.6) is 0 Å².